The van der Waals surface area contributed by atoms with Gasteiger partial charge in [-0.15, -0.1) is 0 Å². The molecule has 7 heteroatoms. The van der Waals surface area contributed by atoms with Crippen LogP contribution in [0.2, 0.25) is 0 Å². The minimum absolute atomic E-state index is 0.000170. The van der Waals surface area contributed by atoms with Crippen LogP contribution in [-0.2, 0) is 4.74 Å². The predicted molar refractivity (Wildman–Crippen MR) is 102 cm³/mol. The molecule has 0 unspecified atom stereocenters. The van der Waals surface area contributed by atoms with Gasteiger partial charge in [-0.1, -0.05) is 13.8 Å². The van der Waals surface area contributed by atoms with Crippen LogP contribution in [0.5, 0.6) is 0 Å². The summed E-state index contributed by atoms with van der Waals surface area (Å²) in [5, 5.41) is 14.3. The third-order valence-electron chi connectivity index (χ3n) is 4.33. The Morgan fingerprint density at radius 1 is 1.31 bits per heavy atom. The minimum atomic E-state index is -0.402. The van der Waals surface area contributed by atoms with E-state index >= 15 is 0 Å². The van der Waals surface area contributed by atoms with Crippen molar-refractivity contribution in [2.24, 2.45) is 5.92 Å². The van der Waals surface area contributed by atoms with Crippen LogP contribution < -0.4 is 10.2 Å². The summed E-state index contributed by atoms with van der Waals surface area (Å²) in [5.74, 6) is 0.200. The normalized spacial score (nSPS) is 14.5. The molecule has 2 rings (SSSR count). The van der Waals surface area contributed by atoms with E-state index in [9.17, 15) is 14.9 Å². The van der Waals surface area contributed by atoms with Gasteiger partial charge in [-0.3, -0.25) is 14.9 Å². The molecule has 0 atom stereocenters. The van der Waals surface area contributed by atoms with Crippen LogP contribution >= 0.6 is 0 Å². The number of hydrogen-bond donors (Lipinski definition) is 1. The molecule has 1 aliphatic heterocycles. The maximum absolute atomic E-state index is 12.3. The molecule has 1 heterocycles. The van der Waals surface area contributed by atoms with Gasteiger partial charge in [0.1, 0.15) is 5.69 Å². The first-order valence-corrected chi connectivity index (χ1v) is 9.38. The Morgan fingerprint density at radius 3 is 2.69 bits per heavy atom. The lowest BCUT2D eigenvalue weighted by molar-refractivity contribution is -0.384. The number of carbonyl (C=O) groups is 1. The second-order valence-corrected chi connectivity index (χ2v) is 7.09. The van der Waals surface area contributed by atoms with Crippen molar-refractivity contribution < 1.29 is 14.5 Å². The smallest absolute Gasteiger partial charge is 0.293 e. The number of nitrogens with zero attached hydrogens (tertiary/aromatic N) is 2. The Hall–Kier alpha value is -2.15. The van der Waals surface area contributed by atoms with E-state index in [4.69, 9.17) is 4.74 Å². The van der Waals surface area contributed by atoms with Crippen molar-refractivity contribution in [1.29, 1.82) is 0 Å². The summed E-state index contributed by atoms with van der Waals surface area (Å²) in [4.78, 5) is 25.4. The number of carbonyl (C=O) groups excluding carboxylic acids is 1. The number of anilines is 1. The third kappa shape index (κ3) is 5.98. The minimum Gasteiger partial charge on any atom is -0.381 e. The van der Waals surface area contributed by atoms with Gasteiger partial charge < -0.3 is 15.0 Å². The van der Waals surface area contributed by atoms with Crippen molar-refractivity contribution in [3.8, 4) is 0 Å². The Labute approximate surface area is 154 Å². The number of hydrogen-bond acceptors (Lipinski definition) is 5. The molecule has 0 saturated carbocycles. The zero-order chi connectivity index (χ0) is 18.9. The number of nitrogens with one attached hydrogen (secondary N) is 1. The summed E-state index contributed by atoms with van der Waals surface area (Å²) in [6.45, 7) is 7.60. The van der Waals surface area contributed by atoms with E-state index in [1.165, 1.54) is 6.07 Å². The highest BCUT2D eigenvalue weighted by atomic mass is 16.6. The van der Waals surface area contributed by atoms with Crippen LogP contribution in [0, 0.1) is 16.0 Å². The molecule has 0 spiro atoms. The highest BCUT2D eigenvalue weighted by Gasteiger charge is 2.23. The number of nitro benzene ring substituents is 1. The fourth-order valence-corrected chi connectivity index (χ4v) is 3.01. The third-order valence-corrected chi connectivity index (χ3v) is 4.33. The summed E-state index contributed by atoms with van der Waals surface area (Å²) in [5.41, 5.74) is 0.925. The molecule has 1 fully saturated rings. The maximum atomic E-state index is 12.3. The molecule has 7 nitrogen and oxygen atoms in total. The van der Waals surface area contributed by atoms with Crippen molar-refractivity contribution in [3.05, 3.63) is 33.9 Å². The maximum Gasteiger partial charge on any atom is 0.293 e. The van der Waals surface area contributed by atoms with E-state index in [-0.39, 0.29) is 11.6 Å². The van der Waals surface area contributed by atoms with E-state index in [2.05, 4.69) is 19.2 Å². The predicted octanol–water partition coefficient (Wildman–Crippen LogP) is 3.38. The molecule has 1 saturated heterocycles. The largest absolute Gasteiger partial charge is 0.381 e. The fraction of sp³-hybridized carbons (Fsp3) is 0.632. The number of amides is 1. The Bertz CT molecular complexity index is 613. The molecular formula is C19H29N3O4. The molecule has 1 amide bonds. The standard InChI is InChI=1S/C19H29N3O4/c1-15(2)14-26-12-6-9-20-19(23)16-7-8-17(18(13-16)22(24)25)21-10-4-3-5-11-21/h7-8,13,15H,3-6,9-12,14H2,1-2H3,(H,20,23). The topological polar surface area (TPSA) is 84.7 Å². The summed E-state index contributed by atoms with van der Waals surface area (Å²) >= 11 is 0. The molecule has 0 bridgehead atoms. The molecule has 1 aliphatic rings. The van der Waals surface area contributed by atoms with Crippen molar-refractivity contribution in [3.63, 3.8) is 0 Å². The number of nitro groups is 1. The quantitative estimate of drug-likeness (QED) is 0.413. The average molecular weight is 363 g/mol. The molecule has 144 valence electrons. The van der Waals surface area contributed by atoms with Crippen LogP contribution in [0.25, 0.3) is 0 Å². The molecule has 1 N–H and O–H groups in total. The highest BCUT2D eigenvalue weighted by Crippen LogP contribution is 2.31. The first-order chi connectivity index (χ1) is 12.5. The van der Waals surface area contributed by atoms with Crippen LogP contribution in [-0.4, -0.2) is 43.7 Å². The van der Waals surface area contributed by atoms with E-state index in [1.807, 2.05) is 4.90 Å². The number of rotatable bonds is 9. The van der Waals surface area contributed by atoms with E-state index in [1.54, 1.807) is 12.1 Å². The molecule has 0 aromatic heterocycles. The zero-order valence-corrected chi connectivity index (χ0v) is 15.7. The van der Waals surface area contributed by atoms with Gasteiger partial charge in [-0.2, -0.15) is 0 Å². The monoisotopic (exact) mass is 363 g/mol. The summed E-state index contributed by atoms with van der Waals surface area (Å²) in [7, 11) is 0. The van der Waals surface area contributed by atoms with Gasteiger partial charge in [-0.25, -0.2) is 0 Å². The van der Waals surface area contributed by atoms with Crippen molar-refractivity contribution in [1.82, 2.24) is 5.32 Å². The molecule has 1 aromatic carbocycles. The molecular weight excluding hydrogens is 334 g/mol. The van der Waals surface area contributed by atoms with E-state index in [0.717, 1.165) is 32.4 Å². The first-order valence-electron chi connectivity index (χ1n) is 9.38. The summed E-state index contributed by atoms with van der Waals surface area (Å²) in [6.07, 6.45) is 3.95. The Balaban J connectivity index is 1.93. The van der Waals surface area contributed by atoms with Crippen molar-refractivity contribution in [2.75, 3.05) is 37.7 Å². The number of benzene rings is 1. The Kier molecular flexibility index (Phi) is 7.84. The van der Waals surface area contributed by atoms with Gasteiger partial charge in [0.15, 0.2) is 0 Å². The Morgan fingerprint density at radius 2 is 2.04 bits per heavy atom. The van der Waals surface area contributed by atoms with Crippen LogP contribution in [0.3, 0.4) is 0 Å². The van der Waals surface area contributed by atoms with E-state index in [0.29, 0.717) is 43.3 Å². The second kappa shape index (κ2) is 10.1. The number of piperidine rings is 1. The lowest BCUT2D eigenvalue weighted by Gasteiger charge is -2.28. The molecule has 0 radical (unpaired) electrons. The van der Waals surface area contributed by atoms with Crippen LogP contribution in [0.1, 0.15) is 49.9 Å². The molecule has 26 heavy (non-hydrogen) atoms. The van der Waals surface area contributed by atoms with Gasteiger partial charge in [-0.05, 0) is 43.7 Å². The summed E-state index contributed by atoms with van der Waals surface area (Å²) in [6, 6.07) is 4.75. The van der Waals surface area contributed by atoms with Gasteiger partial charge in [0.05, 0.1) is 4.92 Å². The first kappa shape index (κ1) is 20.2. The van der Waals surface area contributed by atoms with Gasteiger partial charge in [0, 0.05) is 44.5 Å². The second-order valence-electron chi connectivity index (χ2n) is 7.09. The summed E-state index contributed by atoms with van der Waals surface area (Å²) < 4.78 is 5.47. The van der Waals surface area contributed by atoms with Gasteiger partial charge >= 0.3 is 0 Å². The van der Waals surface area contributed by atoms with Gasteiger partial charge in [0.25, 0.3) is 11.6 Å². The SMILES string of the molecule is CC(C)COCCCNC(=O)c1ccc(N2CCCCC2)c([N+](=O)[O-])c1. The van der Waals surface area contributed by atoms with Crippen molar-refractivity contribution in [2.45, 2.75) is 39.5 Å². The van der Waals surface area contributed by atoms with Crippen LogP contribution in [0.15, 0.2) is 18.2 Å². The zero-order valence-electron chi connectivity index (χ0n) is 15.7. The average Bonchev–Trinajstić information content (AvgIpc) is 2.64. The van der Waals surface area contributed by atoms with Crippen LogP contribution in [0.4, 0.5) is 11.4 Å². The van der Waals surface area contributed by atoms with Crippen molar-refractivity contribution >= 4 is 17.3 Å². The molecule has 0 aliphatic carbocycles. The fourth-order valence-electron chi connectivity index (χ4n) is 3.01. The van der Waals surface area contributed by atoms with E-state index < -0.39 is 4.92 Å². The lowest BCUT2D eigenvalue weighted by Crippen LogP contribution is -2.30. The highest BCUT2D eigenvalue weighted by molar-refractivity contribution is 5.95. The molecule has 1 aromatic rings. The number of ether oxygens (including phenoxy) is 1. The van der Waals surface area contributed by atoms with Gasteiger partial charge in [0.2, 0.25) is 0 Å². The lowest BCUT2D eigenvalue weighted by atomic mass is 10.1.